The van der Waals surface area contributed by atoms with Crippen LogP contribution in [0.4, 0.5) is 0 Å². The Balaban J connectivity index is 0.00000289. The minimum absolute atomic E-state index is 0. The molecule has 2 saturated heterocycles. The maximum Gasteiger partial charge on any atom is 0.193 e. The Labute approximate surface area is 208 Å². The minimum Gasteiger partial charge on any atom is -0.376 e. The molecule has 32 heavy (non-hydrogen) atoms. The van der Waals surface area contributed by atoms with E-state index in [0.29, 0.717) is 12.2 Å². The first-order chi connectivity index (χ1) is 15.3. The Bertz CT molecular complexity index is 831. The van der Waals surface area contributed by atoms with Crippen molar-refractivity contribution >= 4 is 35.6 Å². The van der Waals surface area contributed by atoms with Crippen molar-refractivity contribution in [2.24, 2.45) is 4.99 Å². The molecule has 0 bridgehead atoms. The van der Waals surface area contributed by atoms with Crippen LogP contribution in [0.2, 0.25) is 0 Å². The van der Waals surface area contributed by atoms with Gasteiger partial charge in [-0.05, 0) is 57.6 Å². The zero-order valence-corrected chi connectivity index (χ0v) is 21.4. The molecule has 8 nitrogen and oxygen atoms in total. The van der Waals surface area contributed by atoms with E-state index in [-0.39, 0.29) is 24.0 Å². The van der Waals surface area contributed by atoms with Gasteiger partial charge < -0.3 is 19.7 Å². The molecule has 1 atom stereocenters. The van der Waals surface area contributed by atoms with Gasteiger partial charge in [0.25, 0.3) is 0 Å². The van der Waals surface area contributed by atoms with Gasteiger partial charge in [0.2, 0.25) is 0 Å². The second-order valence-electron chi connectivity index (χ2n) is 8.39. The van der Waals surface area contributed by atoms with Gasteiger partial charge in [0.05, 0.1) is 18.8 Å². The van der Waals surface area contributed by atoms with Crippen LogP contribution in [0.15, 0.2) is 29.4 Å². The minimum atomic E-state index is 0. The van der Waals surface area contributed by atoms with E-state index in [2.05, 4.69) is 31.7 Å². The van der Waals surface area contributed by atoms with E-state index in [0.717, 1.165) is 88.9 Å². The molecule has 2 aliphatic heterocycles. The Hall–Kier alpha value is -1.46. The number of hydrogen-bond donors (Lipinski definition) is 1. The van der Waals surface area contributed by atoms with Crippen LogP contribution in [0.3, 0.4) is 0 Å². The van der Waals surface area contributed by atoms with Gasteiger partial charge in [-0.3, -0.25) is 9.39 Å². The van der Waals surface area contributed by atoms with Crippen LogP contribution in [0.25, 0.3) is 5.65 Å². The lowest BCUT2D eigenvalue weighted by molar-refractivity contribution is -0.0721. The summed E-state index contributed by atoms with van der Waals surface area (Å²) < 4.78 is 14.0. The molecule has 2 aliphatic rings. The fourth-order valence-corrected chi connectivity index (χ4v) is 4.33. The van der Waals surface area contributed by atoms with Crippen molar-refractivity contribution in [2.45, 2.75) is 64.1 Å². The molecule has 2 fully saturated rings. The van der Waals surface area contributed by atoms with E-state index < -0.39 is 0 Å². The summed E-state index contributed by atoms with van der Waals surface area (Å²) >= 11 is 0. The molecule has 0 spiro atoms. The maximum atomic E-state index is 6.16. The van der Waals surface area contributed by atoms with Gasteiger partial charge in [-0.15, -0.1) is 34.2 Å². The average Bonchev–Trinajstić information content (AvgIpc) is 3.24. The summed E-state index contributed by atoms with van der Waals surface area (Å²) in [4.78, 5) is 7.24. The van der Waals surface area contributed by atoms with Gasteiger partial charge >= 0.3 is 0 Å². The first kappa shape index (κ1) is 25.2. The van der Waals surface area contributed by atoms with Gasteiger partial charge in [0.15, 0.2) is 11.6 Å². The summed E-state index contributed by atoms with van der Waals surface area (Å²) in [5.74, 6) is 2.01. The molecule has 0 amide bonds. The summed E-state index contributed by atoms with van der Waals surface area (Å²) in [6.07, 6.45) is 10.2. The summed E-state index contributed by atoms with van der Waals surface area (Å²) in [6.45, 7) is 7.38. The van der Waals surface area contributed by atoms with E-state index in [4.69, 9.17) is 14.5 Å². The SMILES string of the molecule is CCNC(=NCCCc1nnc2ccccn12)N1CCC(OCC2CCCCO2)CC1.I. The molecule has 4 rings (SSSR count). The standard InChI is InChI=1S/C23H36N6O2.HI/c1-2-24-23(25-13-7-10-22-27-26-21-9-3-5-14-29(21)22)28-15-11-19(12-16-28)31-18-20-8-4-6-17-30-20;/h3,5,9,14,19-20H,2,4,6-8,10-13,15-18H2,1H3,(H,24,25);1H. The number of nitrogens with one attached hydrogen (secondary N) is 1. The molecule has 0 saturated carbocycles. The molecule has 0 aliphatic carbocycles. The van der Waals surface area contributed by atoms with Crippen LogP contribution in [-0.2, 0) is 15.9 Å². The molecule has 1 N–H and O–H groups in total. The topological polar surface area (TPSA) is 76.3 Å². The lowest BCUT2D eigenvalue weighted by Crippen LogP contribution is -2.47. The highest BCUT2D eigenvalue weighted by atomic mass is 127. The summed E-state index contributed by atoms with van der Waals surface area (Å²) in [7, 11) is 0. The highest BCUT2D eigenvalue weighted by Crippen LogP contribution is 2.18. The van der Waals surface area contributed by atoms with E-state index in [9.17, 15) is 0 Å². The van der Waals surface area contributed by atoms with Gasteiger partial charge in [0.1, 0.15) is 5.82 Å². The molecule has 1 unspecified atom stereocenters. The molecule has 4 heterocycles. The van der Waals surface area contributed by atoms with E-state index in [1.54, 1.807) is 0 Å². The summed E-state index contributed by atoms with van der Waals surface area (Å²) in [6, 6.07) is 5.98. The smallest absolute Gasteiger partial charge is 0.193 e. The normalized spacial score (nSPS) is 20.3. The Morgan fingerprint density at radius 2 is 2.09 bits per heavy atom. The van der Waals surface area contributed by atoms with E-state index >= 15 is 0 Å². The number of fused-ring (bicyclic) bond motifs is 1. The first-order valence-corrected chi connectivity index (χ1v) is 11.9. The van der Waals surface area contributed by atoms with E-state index in [1.807, 2.05) is 24.4 Å². The predicted octanol–water partition coefficient (Wildman–Crippen LogP) is 3.30. The van der Waals surface area contributed by atoms with Crippen molar-refractivity contribution in [1.29, 1.82) is 0 Å². The molecule has 178 valence electrons. The fourth-order valence-electron chi connectivity index (χ4n) is 4.33. The third-order valence-electron chi connectivity index (χ3n) is 6.07. The van der Waals surface area contributed by atoms with Gasteiger partial charge in [0, 0.05) is 45.4 Å². The van der Waals surface area contributed by atoms with Crippen LogP contribution < -0.4 is 5.32 Å². The third-order valence-corrected chi connectivity index (χ3v) is 6.07. The second kappa shape index (κ2) is 13.3. The number of nitrogens with zero attached hydrogens (tertiary/aromatic N) is 5. The average molecular weight is 556 g/mol. The molecular formula is C23H37IN6O2. The van der Waals surface area contributed by atoms with Crippen LogP contribution in [0.5, 0.6) is 0 Å². The lowest BCUT2D eigenvalue weighted by Gasteiger charge is -2.35. The molecule has 2 aromatic rings. The number of pyridine rings is 1. The second-order valence-corrected chi connectivity index (χ2v) is 8.39. The van der Waals surface area contributed by atoms with Gasteiger partial charge in [-0.2, -0.15) is 0 Å². The maximum absolute atomic E-state index is 6.16. The monoisotopic (exact) mass is 556 g/mol. The number of hydrogen-bond acceptors (Lipinski definition) is 5. The lowest BCUT2D eigenvalue weighted by atomic mass is 10.1. The number of aryl methyl sites for hydroxylation is 1. The summed E-state index contributed by atoms with van der Waals surface area (Å²) in [5, 5.41) is 12.0. The van der Waals surface area contributed by atoms with E-state index in [1.165, 1.54) is 12.8 Å². The zero-order valence-electron chi connectivity index (χ0n) is 19.1. The van der Waals surface area contributed by atoms with Gasteiger partial charge in [-0.25, -0.2) is 0 Å². The molecule has 0 aromatic carbocycles. The number of piperidine rings is 1. The highest BCUT2D eigenvalue weighted by Gasteiger charge is 2.23. The third kappa shape index (κ3) is 7.02. The number of likely N-dealkylation sites (tertiary alicyclic amines) is 1. The fraction of sp³-hybridized carbons (Fsp3) is 0.696. The Morgan fingerprint density at radius 1 is 1.22 bits per heavy atom. The van der Waals surface area contributed by atoms with Crippen molar-refractivity contribution in [3.05, 3.63) is 30.2 Å². The quantitative estimate of drug-likeness (QED) is 0.233. The Morgan fingerprint density at radius 3 is 2.88 bits per heavy atom. The number of halogens is 1. The molecule has 0 radical (unpaired) electrons. The number of ether oxygens (including phenoxy) is 2. The Kier molecular flexibility index (Phi) is 10.5. The zero-order chi connectivity index (χ0) is 21.3. The van der Waals surface area contributed by atoms with Crippen molar-refractivity contribution in [1.82, 2.24) is 24.8 Å². The van der Waals surface area contributed by atoms with Crippen molar-refractivity contribution < 1.29 is 9.47 Å². The van der Waals surface area contributed by atoms with Crippen LogP contribution in [-0.4, -0.2) is 77.1 Å². The first-order valence-electron chi connectivity index (χ1n) is 11.9. The van der Waals surface area contributed by atoms with Crippen molar-refractivity contribution in [3.63, 3.8) is 0 Å². The largest absolute Gasteiger partial charge is 0.376 e. The van der Waals surface area contributed by atoms with Gasteiger partial charge in [-0.1, -0.05) is 6.07 Å². The van der Waals surface area contributed by atoms with Crippen LogP contribution >= 0.6 is 24.0 Å². The predicted molar refractivity (Wildman–Crippen MR) is 137 cm³/mol. The number of rotatable bonds is 8. The molecule has 9 heteroatoms. The number of aliphatic imine (C=N–C) groups is 1. The van der Waals surface area contributed by atoms with Crippen molar-refractivity contribution in [2.75, 3.05) is 39.4 Å². The number of guanidine groups is 1. The molecular weight excluding hydrogens is 519 g/mol. The highest BCUT2D eigenvalue weighted by molar-refractivity contribution is 14.0. The molecule has 2 aromatic heterocycles. The van der Waals surface area contributed by atoms with Crippen LogP contribution in [0, 0.1) is 0 Å². The number of aromatic nitrogens is 3. The van der Waals surface area contributed by atoms with Crippen molar-refractivity contribution in [3.8, 4) is 0 Å². The van der Waals surface area contributed by atoms with Crippen LogP contribution in [0.1, 0.15) is 51.3 Å². The summed E-state index contributed by atoms with van der Waals surface area (Å²) in [5.41, 5.74) is 0.898.